The van der Waals surface area contributed by atoms with E-state index in [9.17, 15) is 0 Å². The summed E-state index contributed by atoms with van der Waals surface area (Å²) < 4.78 is 0. The van der Waals surface area contributed by atoms with Crippen LogP contribution in [0.5, 0.6) is 0 Å². The van der Waals surface area contributed by atoms with Gasteiger partial charge in [0.2, 0.25) is 0 Å². The maximum Gasteiger partial charge on any atom is 1.00 e. The van der Waals surface area contributed by atoms with Gasteiger partial charge >= 0.3 is 18.9 Å². The first-order valence-corrected chi connectivity index (χ1v) is 4.80. The van der Waals surface area contributed by atoms with Crippen LogP contribution in [0.25, 0.3) is 0 Å². The van der Waals surface area contributed by atoms with Crippen LogP contribution in [0, 0.1) is 12.3 Å². The van der Waals surface area contributed by atoms with Crippen LogP contribution < -0.4 is 18.9 Å². The van der Waals surface area contributed by atoms with Gasteiger partial charge in [-0.15, -0.1) is 29.5 Å². The summed E-state index contributed by atoms with van der Waals surface area (Å²) in [6, 6.07) is 7.89. The molecule has 0 saturated carbocycles. The average molecular weight is 182 g/mol. The Hall–Kier alpha value is -0.273. The van der Waals surface area contributed by atoms with Crippen molar-refractivity contribution < 1.29 is 18.9 Å². The number of hydrogen-bond acceptors (Lipinski definition) is 1. The molecule has 0 N–H and O–H groups in total. The second kappa shape index (κ2) is 6.22. The quantitative estimate of drug-likeness (QED) is 0.271. The Balaban J connectivity index is 0.00000144. The van der Waals surface area contributed by atoms with Crippen LogP contribution in [-0.2, 0) is 0 Å². The van der Waals surface area contributed by atoms with Gasteiger partial charge in [0, 0.05) is 10.1 Å². The summed E-state index contributed by atoms with van der Waals surface area (Å²) in [6.07, 6.45) is 6.90. The van der Waals surface area contributed by atoms with Crippen LogP contribution in [0.4, 0.5) is 0 Å². The van der Waals surface area contributed by atoms with E-state index >= 15 is 0 Å². The van der Waals surface area contributed by atoms with E-state index in [4.69, 9.17) is 6.42 Å². The van der Waals surface area contributed by atoms with Gasteiger partial charge in [0.05, 0.1) is 0 Å². The van der Waals surface area contributed by atoms with Gasteiger partial charge in [-0.2, -0.15) is 0 Å². The largest absolute Gasteiger partial charge is 1.00 e. The zero-order valence-electron chi connectivity index (χ0n) is 8.29. The minimum atomic E-state index is 0. The number of benzene rings is 1. The van der Waals surface area contributed by atoms with Crippen LogP contribution in [0.15, 0.2) is 29.2 Å². The summed E-state index contributed by atoms with van der Waals surface area (Å²) in [5.74, 6) is 2.35. The zero-order valence-corrected chi connectivity index (χ0v) is 9.11. The van der Waals surface area contributed by atoms with E-state index in [-0.39, 0.29) is 18.9 Å². The number of rotatable bonds is 2. The molecule has 0 fully saturated rings. The zero-order chi connectivity index (χ0) is 8.97. The maximum absolute atomic E-state index is 6.90. The Morgan fingerprint density at radius 3 is 2.15 bits per heavy atom. The van der Waals surface area contributed by atoms with E-state index in [0.717, 1.165) is 5.56 Å². The molecule has 0 nitrogen and oxygen atoms in total. The fourth-order valence-corrected chi connectivity index (χ4v) is 1.73. The number of thioether (sulfide) groups is 1. The van der Waals surface area contributed by atoms with Crippen molar-refractivity contribution in [3.63, 3.8) is 0 Å². The third-order valence-corrected chi connectivity index (χ3v) is 2.39. The molecule has 1 aromatic rings. The van der Waals surface area contributed by atoms with Crippen LogP contribution >= 0.6 is 11.8 Å². The topological polar surface area (TPSA) is 0 Å². The molecule has 0 heterocycles. The standard InChI is InChI=1S/C11H11S.Li/c1-4-10-5-7-11(8-6-10)12-9(2)3;/h5-9H,2-3H3;/q-1;+1. The smallest absolute Gasteiger partial charge is 0.366 e. The van der Waals surface area contributed by atoms with Gasteiger partial charge in [0.25, 0.3) is 0 Å². The second-order valence-electron chi connectivity index (χ2n) is 2.82. The van der Waals surface area contributed by atoms with Gasteiger partial charge in [-0.05, 0) is 0 Å². The third-order valence-electron chi connectivity index (χ3n) is 1.37. The molecule has 2 heteroatoms. The minimum Gasteiger partial charge on any atom is -0.366 e. The molecule has 0 aliphatic heterocycles. The predicted molar refractivity (Wildman–Crippen MR) is 53.7 cm³/mol. The van der Waals surface area contributed by atoms with Crippen molar-refractivity contribution in [3.8, 4) is 5.92 Å². The molecule has 0 saturated heterocycles. The molecule has 0 bridgehead atoms. The molecule has 0 unspecified atom stereocenters. The van der Waals surface area contributed by atoms with E-state index in [1.165, 1.54) is 4.90 Å². The molecular weight excluding hydrogens is 171 g/mol. The Kier molecular flexibility index (Phi) is 6.09. The first-order valence-electron chi connectivity index (χ1n) is 3.92. The Morgan fingerprint density at radius 2 is 1.77 bits per heavy atom. The van der Waals surface area contributed by atoms with Gasteiger partial charge in [-0.3, -0.25) is 5.92 Å². The van der Waals surface area contributed by atoms with E-state index in [2.05, 4.69) is 19.8 Å². The first kappa shape index (κ1) is 12.7. The van der Waals surface area contributed by atoms with Crippen molar-refractivity contribution in [2.45, 2.75) is 24.0 Å². The van der Waals surface area contributed by atoms with E-state index < -0.39 is 0 Å². The maximum atomic E-state index is 6.90. The normalized spacial score (nSPS) is 9.08. The van der Waals surface area contributed by atoms with E-state index in [0.29, 0.717) is 5.25 Å². The number of hydrogen-bond donors (Lipinski definition) is 0. The molecule has 13 heavy (non-hydrogen) atoms. The summed E-state index contributed by atoms with van der Waals surface area (Å²) in [4.78, 5) is 1.25. The third kappa shape index (κ3) is 4.49. The second-order valence-corrected chi connectivity index (χ2v) is 4.47. The molecule has 0 aliphatic rings. The summed E-state index contributed by atoms with van der Waals surface area (Å²) >= 11 is 1.83. The fraction of sp³-hybridized carbons (Fsp3) is 0.273. The summed E-state index contributed by atoms with van der Waals surface area (Å²) in [6.45, 7) is 4.34. The van der Waals surface area contributed by atoms with E-state index in [1.807, 2.05) is 36.0 Å². The summed E-state index contributed by atoms with van der Waals surface area (Å²) in [5, 5.41) is 0.611. The Labute approximate surface area is 96.7 Å². The summed E-state index contributed by atoms with van der Waals surface area (Å²) in [7, 11) is 0. The van der Waals surface area contributed by atoms with Crippen molar-refractivity contribution in [1.82, 2.24) is 0 Å². The Morgan fingerprint density at radius 1 is 1.23 bits per heavy atom. The summed E-state index contributed by atoms with van der Waals surface area (Å²) in [5.41, 5.74) is 0.836. The molecule has 1 aromatic carbocycles. The van der Waals surface area contributed by atoms with Crippen LogP contribution in [-0.4, -0.2) is 5.25 Å². The molecule has 0 radical (unpaired) electrons. The van der Waals surface area contributed by atoms with E-state index in [1.54, 1.807) is 0 Å². The first-order chi connectivity index (χ1) is 5.72. The minimum absolute atomic E-state index is 0. The molecule has 0 aliphatic carbocycles. The molecule has 0 spiro atoms. The van der Waals surface area contributed by atoms with Gasteiger partial charge in [-0.25, -0.2) is 0 Å². The monoisotopic (exact) mass is 182 g/mol. The van der Waals surface area contributed by atoms with Gasteiger partial charge in [0.1, 0.15) is 0 Å². The van der Waals surface area contributed by atoms with Crippen molar-refractivity contribution in [3.05, 3.63) is 36.3 Å². The molecule has 0 aromatic heterocycles. The SMILES string of the molecule is [C-]#Cc1ccc(SC(C)C)cc1.[Li+]. The van der Waals surface area contributed by atoms with Crippen molar-refractivity contribution >= 4 is 11.8 Å². The fourth-order valence-electron chi connectivity index (χ4n) is 0.889. The van der Waals surface area contributed by atoms with Crippen molar-refractivity contribution in [2.75, 3.05) is 0 Å². The van der Waals surface area contributed by atoms with Gasteiger partial charge < -0.3 is 6.42 Å². The average Bonchev–Trinajstić information content (AvgIpc) is 2.05. The van der Waals surface area contributed by atoms with Gasteiger partial charge in [0.15, 0.2) is 0 Å². The molecule has 0 atom stereocenters. The predicted octanol–water partition coefficient (Wildman–Crippen LogP) is 0.129. The Bertz CT molecular complexity index is 282. The molecular formula is C11H11LiS. The van der Waals surface area contributed by atoms with Gasteiger partial charge in [-0.1, -0.05) is 26.0 Å². The van der Waals surface area contributed by atoms with Crippen LogP contribution in [0.1, 0.15) is 19.4 Å². The molecule has 0 amide bonds. The van der Waals surface area contributed by atoms with Crippen LogP contribution in [0.2, 0.25) is 0 Å². The van der Waals surface area contributed by atoms with Crippen LogP contribution in [0.3, 0.4) is 0 Å². The molecule has 1 rings (SSSR count). The van der Waals surface area contributed by atoms with Crippen molar-refractivity contribution in [2.24, 2.45) is 0 Å². The molecule has 62 valence electrons. The van der Waals surface area contributed by atoms with Crippen molar-refractivity contribution in [1.29, 1.82) is 0 Å².